The molecule has 2 saturated heterocycles. The SMILES string of the molecule is COc1ccc(S(=O)(=O)N2CCCCCC2)cc1NC(=O)[C@H]1CC(=O)N(c2ccc(C)cc2)C1. The first kappa shape index (κ1) is 24.2. The van der Waals surface area contributed by atoms with E-state index in [2.05, 4.69) is 5.32 Å². The fourth-order valence-electron chi connectivity index (χ4n) is 4.47. The van der Waals surface area contributed by atoms with E-state index in [1.165, 1.54) is 23.5 Å². The molecule has 0 radical (unpaired) electrons. The summed E-state index contributed by atoms with van der Waals surface area (Å²) in [5.41, 5.74) is 2.13. The number of hydrogen-bond donors (Lipinski definition) is 1. The Morgan fingerprint density at radius 1 is 1.03 bits per heavy atom. The standard InChI is InChI=1S/C25H31N3O5S/c1-18-7-9-20(10-8-18)28-17-19(15-24(28)29)25(30)26-22-16-21(11-12-23(22)33-2)34(31,32)27-13-5-3-4-6-14-27/h7-12,16,19H,3-6,13-15,17H2,1-2H3,(H,26,30)/t19-/m0/s1. The Morgan fingerprint density at radius 3 is 2.35 bits per heavy atom. The highest BCUT2D eigenvalue weighted by atomic mass is 32.2. The third-order valence-corrected chi connectivity index (χ3v) is 8.37. The van der Waals surface area contributed by atoms with E-state index in [1.807, 2.05) is 31.2 Å². The maximum Gasteiger partial charge on any atom is 0.243 e. The third kappa shape index (κ3) is 5.10. The van der Waals surface area contributed by atoms with Crippen molar-refractivity contribution in [3.05, 3.63) is 48.0 Å². The molecule has 1 N–H and O–H groups in total. The molecule has 0 saturated carbocycles. The fourth-order valence-corrected chi connectivity index (χ4v) is 6.01. The van der Waals surface area contributed by atoms with E-state index in [4.69, 9.17) is 4.74 Å². The third-order valence-electron chi connectivity index (χ3n) is 6.47. The number of ether oxygens (including phenoxy) is 1. The summed E-state index contributed by atoms with van der Waals surface area (Å²) in [5.74, 6) is -0.647. The van der Waals surface area contributed by atoms with E-state index in [-0.39, 0.29) is 35.4 Å². The lowest BCUT2D eigenvalue weighted by molar-refractivity contribution is -0.122. The number of carbonyl (C=O) groups excluding carboxylic acids is 2. The Kier molecular flexibility index (Phi) is 7.23. The van der Waals surface area contributed by atoms with Crippen molar-refractivity contribution in [2.75, 3.05) is 37.0 Å². The number of amides is 2. The minimum atomic E-state index is -3.68. The van der Waals surface area contributed by atoms with E-state index in [9.17, 15) is 18.0 Å². The van der Waals surface area contributed by atoms with Gasteiger partial charge in [-0.05, 0) is 50.1 Å². The van der Waals surface area contributed by atoms with Gasteiger partial charge in [-0.1, -0.05) is 30.5 Å². The van der Waals surface area contributed by atoms with Crippen LogP contribution in [0.3, 0.4) is 0 Å². The van der Waals surface area contributed by atoms with Crippen LogP contribution in [0.4, 0.5) is 11.4 Å². The van der Waals surface area contributed by atoms with Crippen LogP contribution >= 0.6 is 0 Å². The molecule has 2 amide bonds. The lowest BCUT2D eigenvalue weighted by Gasteiger charge is -2.21. The predicted octanol–water partition coefficient (Wildman–Crippen LogP) is 3.56. The summed E-state index contributed by atoms with van der Waals surface area (Å²) in [6.07, 6.45) is 3.82. The summed E-state index contributed by atoms with van der Waals surface area (Å²) in [6.45, 7) is 3.23. The van der Waals surface area contributed by atoms with Crippen molar-refractivity contribution in [3.8, 4) is 5.75 Å². The quantitative estimate of drug-likeness (QED) is 0.675. The molecule has 0 unspecified atom stereocenters. The molecule has 0 aliphatic carbocycles. The monoisotopic (exact) mass is 485 g/mol. The second kappa shape index (κ2) is 10.1. The Balaban J connectivity index is 1.52. The number of aryl methyl sites for hydroxylation is 1. The molecule has 0 bridgehead atoms. The van der Waals surface area contributed by atoms with Crippen LogP contribution in [0.1, 0.15) is 37.7 Å². The molecule has 2 heterocycles. The lowest BCUT2D eigenvalue weighted by Crippen LogP contribution is -2.32. The van der Waals surface area contributed by atoms with Gasteiger partial charge in [-0.15, -0.1) is 0 Å². The highest BCUT2D eigenvalue weighted by Crippen LogP contribution is 2.32. The van der Waals surface area contributed by atoms with E-state index in [0.29, 0.717) is 18.8 Å². The summed E-state index contributed by atoms with van der Waals surface area (Å²) in [6, 6.07) is 12.1. The highest BCUT2D eigenvalue weighted by molar-refractivity contribution is 7.89. The summed E-state index contributed by atoms with van der Waals surface area (Å²) in [7, 11) is -2.22. The molecular formula is C25H31N3O5S. The van der Waals surface area contributed by atoms with E-state index in [1.54, 1.807) is 11.0 Å². The Morgan fingerprint density at radius 2 is 1.71 bits per heavy atom. The first-order valence-corrected chi connectivity index (χ1v) is 13.1. The molecule has 2 aliphatic rings. The molecule has 0 spiro atoms. The van der Waals surface area contributed by atoms with Crippen molar-refractivity contribution in [3.63, 3.8) is 0 Å². The smallest absolute Gasteiger partial charge is 0.243 e. The van der Waals surface area contributed by atoms with Crippen LogP contribution in [0, 0.1) is 12.8 Å². The normalized spacial score (nSPS) is 19.6. The van der Waals surface area contributed by atoms with E-state index >= 15 is 0 Å². The summed E-state index contributed by atoms with van der Waals surface area (Å²) < 4.78 is 33.3. The molecule has 9 heteroatoms. The Hall–Kier alpha value is -2.91. The number of methoxy groups -OCH3 is 1. The molecule has 0 aromatic heterocycles. The Bertz CT molecular complexity index is 1160. The topological polar surface area (TPSA) is 96.0 Å². The molecule has 8 nitrogen and oxygen atoms in total. The van der Waals surface area contributed by atoms with Gasteiger partial charge in [-0.25, -0.2) is 8.42 Å². The molecular weight excluding hydrogens is 454 g/mol. The minimum Gasteiger partial charge on any atom is -0.495 e. The number of nitrogens with zero attached hydrogens (tertiary/aromatic N) is 2. The molecule has 4 rings (SSSR count). The van der Waals surface area contributed by atoms with Gasteiger partial charge in [0.05, 0.1) is 23.6 Å². The number of sulfonamides is 1. The molecule has 2 fully saturated rings. The fraction of sp³-hybridized carbons (Fsp3) is 0.440. The van der Waals surface area contributed by atoms with Crippen LogP contribution < -0.4 is 15.0 Å². The second-order valence-electron chi connectivity index (χ2n) is 8.91. The van der Waals surface area contributed by atoms with Gasteiger partial charge in [0.15, 0.2) is 0 Å². The zero-order chi connectivity index (χ0) is 24.3. The zero-order valence-electron chi connectivity index (χ0n) is 19.6. The van der Waals surface area contributed by atoms with Crippen molar-refractivity contribution in [2.45, 2.75) is 43.9 Å². The van der Waals surface area contributed by atoms with Crippen molar-refractivity contribution < 1.29 is 22.7 Å². The molecule has 2 aliphatic heterocycles. The number of rotatable bonds is 6. The van der Waals surface area contributed by atoms with Crippen molar-refractivity contribution in [1.29, 1.82) is 0 Å². The lowest BCUT2D eigenvalue weighted by atomic mass is 10.1. The van der Waals surface area contributed by atoms with Gasteiger partial charge < -0.3 is 15.0 Å². The van der Waals surface area contributed by atoms with Gasteiger partial charge in [0, 0.05) is 31.7 Å². The highest BCUT2D eigenvalue weighted by Gasteiger charge is 2.35. The number of benzene rings is 2. The van der Waals surface area contributed by atoms with Crippen LogP contribution in [0.25, 0.3) is 0 Å². The molecule has 2 aromatic rings. The van der Waals surface area contributed by atoms with Gasteiger partial charge in [-0.3, -0.25) is 9.59 Å². The average Bonchev–Trinajstić information content (AvgIpc) is 3.02. The van der Waals surface area contributed by atoms with Crippen LogP contribution in [0.15, 0.2) is 47.4 Å². The summed E-state index contributed by atoms with van der Waals surface area (Å²) >= 11 is 0. The summed E-state index contributed by atoms with van der Waals surface area (Å²) in [4.78, 5) is 27.4. The van der Waals surface area contributed by atoms with E-state index < -0.39 is 15.9 Å². The van der Waals surface area contributed by atoms with Crippen LogP contribution in [-0.4, -0.2) is 51.3 Å². The zero-order valence-corrected chi connectivity index (χ0v) is 20.4. The molecule has 182 valence electrons. The van der Waals surface area contributed by atoms with Crippen LogP contribution in [0.5, 0.6) is 5.75 Å². The largest absolute Gasteiger partial charge is 0.495 e. The maximum atomic E-state index is 13.2. The van der Waals surface area contributed by atoms with Crippen molar-refractivity contribution in [1.82, 2.24) is 4.31 Å². The molecule has 1 atom stereocenters. The average molecular weight is 486 g/mol. The number of carbonyl (C=O) groups is 2. The number of hydrogen-bond acceptors (Lipinski definition) is 5. The molecule has 2 aromatic carbocycles. The van der Waals surface area contributed by atoms with Gasteiger partial charge >= 0.3 is 0 Å². The van der Waals surface area contributed by atoms with Crippen LogP contribution in [0.2, 0.25) is 0 Å². The first-order chi connectivity index (χ1) is 16.3. The second-order valence-corrected chi connectivity index (χ2v) is 10.8. The first-order valence-electron chi connectivity index (χ1n) is 11.7. The van der Waals surface area contributed by atoms with E-state index in [0.717, 1.165) is 36.9 Å². The minimum absolute atomic E-state index is 0.0911. The van der Waals surface area contributed by atoms with Crippen molar-refractivity contribution in [2.24, 2.45) is 5.92 Å². The number of anilines is 2. The maximum absolute atomic E-state index is 13.2. The summed E-state index contributed by atoms with van der Waals surface area (Å²) in [5, 5.41) is 2.81. The Labute approximate surface area is 200 Å². The molecule has 34 heavy (non-hydrogen) atoms. The van der Waals surface area contributed by atoms with Gasteiger partial charge in [0.2, 0.25) is 21.8 Å². The number of nitrogens with one attached hydrogen (secondary N) is 1. The predicted molar refractivity (Wildman–Crippen MR) is 130 cm³/mol. The van der Waals surface area contributed by atoms with Crippen molar-refractivity contribution >= 4 is 33.2 Å². The van der Waals surface area contributed by atoms with Gasteiger partial charge in [0.25, 0.3) is 0 Å². The van der Waals surface area contributed by atoms with Gasteiger partial charge in [0.1, 0.15) is 5.75 Å². The van der Waals surface area contributed by atoms with Gasteiger partial charge in [-0.2, -0.15) is 4.31 Å². The van der Waals surface area contributed by atoms with Crippen LogP contribution in [-0.2, 0) is 19.6 Å².